The van der Waals surface area contributed by atoms with Crippen molar-refractivity contribution in [2.24, 2.45) is 0 Å². The molecule has 1 aliphatic heterocycles. The first-order chi connectivity index (χ1) is 16.6. The predicted octanol–water partition coefficient (Wildman–Crippen LogP) is 4.11. The second-order valence-electron chi connectivity index (χ2n) is 6.98. The molecule has 2 heterocycles. The zero-order valence-electron chi connectivity index (χ0n) is 18.7. The van der Waals surface area contributed by atoms with Crippen LogP contribution in [0.4, 0.5) is 5.69 Å². The number of fused-ring (bicyclic) bond motifs is 1. The Labute approximate surface area is 200 Å². The van der Waals surface area contributed by atoms with Gasteiger partial charge in [0.15, 0.2) is 23.0 Å². The highest BCUT2D eigenvalue weighted by atomic mass is 32.2. The molecule has 1 aromatic heterocycles. The number of anilines is 1. The maximum absolute atomic E-state index is 12.6. The molecule has 0 spiro atoms. The van der Waals surface area contributed by atoms with Gasteiger partial charge in [-0.25, -0.2) is 4.98 Å². The molecule has 34 heavy (non-hydrogen) atoms. The monoisotopic (exact) mass is 479 g/mol. The summed E-state index contributed by atoms with van der Waals surface area (Å²) in [6.07, 6.45) is 0. The van der Waals surface area contributed by atoms with Gasteiger partial charge in [0.1, 0.15) is 11.1 Å². The summed E-state index contributed by atoms with van der Waals surface area (Å²) >= 11 is 1.17. The molecule has 0 unspecified atom stereocenters. The number of methoxy groups -OCH3 is 3. The van der Waals surface area contributed by atoms with E-state index in [-0.39, 0.29) is 18.5 Å². The van der Waals surface area contributed by atoms with Crippen molar-refractivity contribution in [2.45, 2.75) is 5.03 Å². The van der Waals surface area contributed by atoms with Gasteiger partial charge in [-0.1, -0.05) is 11.8 Å². The zero-order chi connectivity index (χ0) is 24.1. The summed E-state index contributed by atoms with van der Waals surface area (Å²) < 4.78 is 26.7. The van der Waals surface area contributed by atoms with Gasteiger partial charge in [0.25, 0.3) is 0 Å². The summed E-state index contributed by atoms with van der Waals surface area (Å²) in [5.41, 5.74) is 2.35. The van der Waals surface area contributed by atoms with E-state index in [1.807, 2.05) is 18.2 Å². The second kappa shape index (κ2) is 10.2. The molecule has 0 aliphatic carbocycles. The molecule has 1 N–H and O–H groups in total. The molecule has 4 rings (SSSR count). The highest BCUT2D eigenvalue weighted by Crippen LogP contribution is 2.40. The third kappa shape index (κ3) is 4.79. The van der Waals surface area contributed by atoms with Crippen molar-refractivity contribution in [2.75, 3.05) is 39.2 Å². The van der Waals surface area contributed by atoms with Gasteiger partial charge in [-0.3, -0.25) is 4.79 Å². The second-order valence-corrected chi connectivity index (χ2v) is 7.94. The third-order valence-electron chi connectivity index (χ3n) is 4.94. The fourth-order valence-electron chi connectivity index (χ4n) is 3.34. The first-order valence-corrected chi connectivity index (χ1v) is 11.1. The minimum atomic E-state index is -0.279. The fourth-order valence-corrected chi connectivity index (χ4v) is 4.11. The average Bonchev–Trinajstić information content (AvgIpc) is 3.34. The van der Waals surface area contributed by atoms with Crippen LogP contribution in [0.25, 0.3) is 11.3 Å². The molecule has 174 valence electrons. The number of carbonyl (C=O) groups excluding carboxylic acids is 1. The lowest BCUT2D eigenvalue weighted by atomic mass is 10.1. The maximum Gasteiger partial charge on any atom is 0.234 e. The molecule has 0 atom stereocenters. The van der Waals surface area contributed by atoms with Crippen molar-refractivity contribution in [1.82, 2.24) is 4.98 Å². The molecule has 0 fully saturated rings. The standard InChI is InChI=1S/C24H21N3O6S/c1-29-20-9-16(10-21(30-2)23(20)31-3)26-22(28)12-34-24-15(11-25)4-6-17(27-24)14-5-7-18-19(8-14)33-13-32-18/h4-10H,12-13H2,1-3H3,(H,26,28). The summed E-state index contributed by atoms with van der Waals surface area (Å²) in [6, 6.07) is 14.4. The van der Waals surface area contributed by atoms with E-state index in [1.165, 1.54) is 33.1 Å². The Kier molecular flexibility index (Phi) is 6.94. The number of benzene rings is 2. The van der Waals surface area contributed by atoms with Crippen molar-refractivity contribution in [3.8, 4) is 46.1 Å². The number of nitrogens with one attached hydrogen (secondary N) is 1. The molecule has 1 amide bonds. The predicted molar refractivity (Wildman–Crippen MR) is 126 cm³/mol. The number of ether oxygens (including phenoxy) is 5. The number of carbonyl (C=O) groups is 1. The number of pyridine rings is 1. The van der Waals surface area contributed by atoms with E-state index in [0.717, 1.165) is 5.56 Å². The molecule has 2 aromatic carbocycles. The Morgan fingerprint density at radius 1 is 1.06 bits per heavy atom. The van der Waals surface area contributed by atoms with Crippen LogP contribution in [0.1, 0.15) is 5.56 Å². The summed E-state index contributed by atoms with van der Waals surface area (Å²) in [7, 11) is 4.51. The van der Waals surface area contributed by atoms with Crippen LogP contribution in [0.2, 0.25) is 0 Å². The topological polar surface area (TPSA) is 112 Å². The van der Waals surface area contributed by atoms with E-state index in [1.54, 1.807) is 24.3 Å². The van der Waals surface area contributed by atoms with E-state index in [2.05, 4.69) is 16.4 Å². The molecule has 0 saturated carbocycles. The summed E-state index contributed by atoms with van der Waals surface area (Å²) in [5, 5.41) is 12.8. The van der Waals surface area contributed by atoms with Crippen LogP contribution in [0, 0.1) is 11.3 Å². The smallest absolute Gasteiger partial charge is 0.234 e. The number of hydrogen-bond donors (Lipinski definition) is 1. The molecule has 0 radical (unpaired) electrons. The molecule has 10 heteroatoms. The van der Waals surface area contributed by atoms with Gasteiger partial charge in [-0.15, -0.1) is 0 Å². The van der Waals surface area contributed by atoms with Crippen LogP contribution in [0.5, 0.6) is 28.7 Å². The normalized spacial score (nSPS) is 11.5. The van der Waals surface area contributed by atoms with Gasteiger partial charge in [-0.05, 0) is 30.3 Å². The SMILES string of the molecule is COc1cc(NC(=O)CSc2nc(-c3ccc4c(c3)OCO4)ccc2C#N)cc(OC)c1OC. The number of nitriles is 1. The molecule has 9 nitrogen and oxygen atoms in total. The van der Waals surface area contributed by atoms with Gasteiger partial charge in [0.2, 0.25) is 18.4 Å². The Hall–Kier alpha value is -4.10. The van der Waals surface area contributed by atoms with Crippen LogP contribution in [0.15, 0.2) is 47.5 Å². The first-order valence-electron chi connectivity index (χ1n) is 10.1. The van der Waals surface area contributed by atoms with Gasteiger partial charge in [0.05, 0.1) is 38.3 Å². The maximum atomic E-state index is 12.6. The summed E-state index contributed by atoms with van der Waals surface area (Å²) in [4.78, 5) is 17.2. The molecule has 0 saturated heterocycles. The number of hydrogen-bond acceptors (Lipinski definition) is 9. The average molecular weight is 480 g/mol. The van der Waals surface area contributed by atoms with E-state index >= 15 is 0 Å². The van der Waals surface area contributed by atoms with E-state index in [9.17, 15) is 10.1 Å². The first kappa shape index (κ1) is 23.1. The minimum absolute atomic E-state index is 0.0446. The lowest BCUT2D eigenvalue weighted by molar-refractivity contribution is -0.113. The van der Waals surface area contributed by atoms with Gasteiger partial charge in [0, 0.05) is 23.4 Å². The van der Waals surface area contributed by atoms with Crippen molar-refractivity contribution < 1.29 is 28.5 Å². The van der Waals surface area contributed by atoms with Gasteiger partial charge < -0.3 is 29.0 Å². The van der Waals surface area contributed by atoms with E-state index in [4.69, 9.17) is 23.7 Å². The quantitative estimate of drug-likeness (QED) is 0.477. The van der Waals surface area contributed by atoms with E-state index < -0.39 is 0 Å². The van der Waals surface area contributed by atoms with Crippen molar-refractivity contribution in [3.63, 3.8) is 0 Å². The summed E-state index contributed by atoms with van der Waals surface area (Å²) in [6.45, 7) is 0.182. The third-order valence-corrected chi connectivity index (χ3v) is 5.93. The fraction of sp³-hybridized carbons (Fsp3) is 0.208. The number of aromatic nitrogens is 1. The van der Waals surface area contributed by atoms with Crippen molar-refractivity contribution >= 4 is 23.4 Å². The lowest BCUT2D eigenvalue weighted by Crippen LogP contribution is -2.14. The molecule has 1 aliphatic rings. The van der Waals surface area contributed by atoms with E-state index in [0.29, 0.717) is 50.7 Å². The lowest BCUT2D eigenvalue weighted by Gasteiger charge is -2.14. The van der Waals surface area contributed by atoms with Crippen LogP contribution in [-0.2, 0) is 4.79 Å². The Morgan fingerprint density at radius 3 is 2.47 bits per heavy atom. The van der Waals surface area contributed by atoms with Crippen LogP contribution in [-0.4, -0.2) is 44.8 Å². The summed E-state index contributed by atoms with van der Waals surface area (Å²) in [5.74, 6) is 2.37. The Morgan fingerprint density at radius 2 is 1.79 bits per heavy atom. The molecule has 3 aromatic rings. The van der Waals surface area contributed by atoms with Crippen LogP contribution >= 0.6 is 11.8 Å². The Bertz CT molecular complexity index is 1250. The number of amides is 1. The van der Waals surface area contributed by atoms with Gasteiger partial charge >= 0.3 is 0 Å². The highest BCUT2D eigenvalue weighted by molar-refractivity contribution is 8.00. The largest absolute Gasteiger partial charge is 0.493 e. The van der Waals surface area contributed by atoms with Crippen molar-refractivity contribution in [3.05, 3.63) is 48.0 Å². The molecular weight excluding hydrogens is 458 g/mol. The molecular formula is C24H21N3O6S. The van der Waals surface area contributed by atoms with Gasteiger partial charge in [-0.2, -0.15) is 5.26 Å². The molecule has 0 bridgehead atoms. The number of rotatable bonds is 8. The number of thioether (sulfide) groups is 1. The minimum Gasteiger partial charge on any atom is -0.493 e. The number of nitrogens with zero attached hydrogens (tertiary/aromatic N) is 2. The Balaban J connectivity index is 1.49. The highest BCUT2D eigenvalue weighted by Gasteiger charge is 2.17. The van der Waals surface area contributed by atoms with Crippen LogP contribution < -0.4 is 29.0 Å². The van der Waals surface area contributed by atoms with Crippen molar-refractivity contribution in [1.29, 1.82) is 5.26 Å². The zero-order valence-corrected chi connectivity index (χ0v) is 19.5. The van der Waals surface area contributed by atoms with Crippen LogP contribution in [0.3, 0.4) is 0 Å².